The molecule has 0 spiro atoms. The van der Waals surface area contributed by atoms with Crippen LogP contribution in [0.2, 0.25) is 0 Å². The van der Waals surface area contributed by atoms with Gasteiger partial charge in [0.1, 0.15) is 6.04 Å². The molecule has 1 heterocycles. The Kier molecular flexibility index (Phi) is 4.37. The van der Waals surface area contributed by atoms with Crippen LogP contribution in [0, 0.1) is 11.3 Å². The number of hydrogen-bond donors (Lipinski definition) is 1. The van der Waals surface area contributed by atoms with E-state index in [1.807, 2.05) is 36.4 Å². The van der Waals surface area contributed by atoms with Crippen LogP contribution in [0.3, 0.4) is 0 Å². The van der Waals surface area contributed by atoms with Crippen molar-refractivity contribution >= 4 is 6.09 Å². The van der Waals surface area contributed by atoms with E-state index < -0.39 is 12.1 Å². The molecule has 100 valence electrons. The summed E-state index contributed by atoms with van der Waals surface area (Å²) in [5.74, 6) is 0. The summed E-state index contributed by atoms with van der Waals surface area (Å²) in [6.07, 6.45) is 0.221. The highest BCUT2D eigenvalue weighted by Crippen LogP contribution is 2.24. The number of rotatable bonds is 4. The first kappa shape index (κ1) is 13.4. The summed E-state index contributed by atoms with van der Waals surface area (Å²) in [6, 6.07) is 11.0. The summed E-state index contributed by atoms with van der Waals surface area (Å²) in [5, 5.41) is 18.0. The fraction of sp³-hybridized carbons (Fsp3) is 0.429. The summed E-state index contributed by atoms with van der Waals surface area (Å²) < 4.78 is 5.56. The molecule has 5 heteroatoms. The smallest absolute Gasteiger partial charge is 0.408 e. The van der Waals surface area contributed by atoms with E-state index in [0.29, 0.717) is 26.1 Å². The number of carboxylic acid groups (broad SMARTS) is 1. The predicted octanol–water partition coefficient (Wildman–Crippen LogP) is 2.24. The molecular formula is C14H16N2O3. The van der Waals surface area contributed by atoms with Gasteiger partial charge in [0.2, 0.25) is 0 Å². The number of hydrogen-bond acceptors (Lipinski definition) is 3. The molecule has 1 N–H and O–H groups in total. The summed E-state index contributed by atoms with van der Waals surface area (Å²) in [7, 11) is 0. The van der Waals surface area contributed by atoms with E-state index in [1.54, 1.807) is 0 Å². The van der Waals surface area contributed by atoms with Crippen LogP contribution in [0.5, 0.6) is 0 Å². The Morgan fingerprint density at radius 3 is 2.79 bits per heavy atom. The van der Waals surface area contributed by atoms with Crippen LogP contribution in [0.15, 0.2) is 30.3 Å². The molecule has 0 bridgehead atoms. The highest BCUT2D eigenvalue weighted by atomic mass is 16.5. The van der Waals surface area contributed by atoms with E-state index in [0.717, 1.165) is 5.56 Å². The minimum absolute atomic E-state index is 0.217. The van der Waals surface area contributed by atoms with E-state index >= 15 is 0 Å². The van der Waals surface area contributed by atoms with Gasteiger partial charge in [-0.1, -0.05) is 30.3 Å². The monoisotopic (exact) mass is 260 g/mol. The van der Waals surface area contributed by atoms with Crippen LogP contribution in [0.4, 0.5) is 4.79 Å². The Labute approximate surface area is 112 Å². The van der Waals surface area contributed by atoms with Crippen LogP contribution in [-0.2, 0) is 11.3 Å². The zero-order valence-electron chi connectivity index (χ0n) is 10.5. The molecule has 0 aromatic heterocycles. The van der Waals surface area contributed by atoms with Gasteiger partial charge in [-0.2, -0.15) is 5.26 Å². The molecule has 1 aromatic carbocycles. The highest BCUT2D eigenvalue weighted by Gasteiger charge is 2.37. The van der Waals surface area contributed by atoms with Crippen molar-refractivity contribution in [3.8, 4) is 6.07 Å². The summed E-state index contributed by atoms with van der Waals surface area (Å²) in [6.45, 7) is 0.793. The molecule has 1 aliphatic heterocycles. The lowest BCUT2D eigenvalue weighted by molar-refractivity contribution is 0.0593. The Balaban J connectivity index is 1.86. The van der Waals surface area contributed by atoms with E-state index in [2.05, 4.69) is 0 Å². The van der Waals surface area contributed by atoms with Crippen LogP contribution >= 0.6 is 0 Å². The minimum Gasteiger partial charge on any atom is -0.465 e. The van der Waals surface area contributed by atoms with Gasteiger partial charge in [-0.25, -0.2) is 4.79 Å². The van der Waals surface area contributed by atoms with Crippen molar-refractivity contribution in [2.45, 2.75) is 31.5 Å². The first-order chi connectivity index (χ1) is 9.22. The number of amides is 1. The molecule has 19 heavy (non-hydrogen) atoms. The van der Waals surface area contributed by atoms with Crippen molar-refractivity contribution in [2.75, 3.05) is 6.61 Å². The summed E-state index contributed by atoms with van der Waals surface area (Å²) in [4.78, 5) is 12.3. The molecule has 1 saturated heterocycles. The minimum atomic E-state index is -1.04. The highest BCUT2D eigenvalue weighted by molar-refractivity contribution is 5.67. The predicted molar refractivity (Wildman–Crippen MR) is 68.4 cm³/mol. The zero-order valence-corrected chi connectivity index (χ0v) is 10.5. The third kappa shape index (κ3) is 3.24. The van der Waals surface area contributed by atoms with Gasteiger partial charge < -0.3 is 9.84 Å². The Hall–Kier alpha value is -2.06. The lowest BCUT2D eigenvalue weighted by atomic mass is 10.2. The lowest BCUT2D eigenvalue weighted by Gasteiger charge is -2.23. The number of ether oxygens (including phenoxy) is 1. The molecule has 1 aliphatic rings. The Morgan fingerprint density at radius 1 is 1.42 bits per heavy atom. The number of likely N-dealkylation sites (tertiary alicyclic amines) is 1. The standard InChI is InChI=1S/C14H16N2O3/c15-8-12-6-7-13(16(12)14(17)18)10-19-9-11-4-2-1-3-5-11/h1-5,12-13H,6-7,9-10H2,(H,17,18)/t12-,13+/m1/s1. The second-order valence-corrected chi connectivity index (χ2v) is 4.57. The average Bonchev–Trinajstić information content (AvgIpc) is 2.83. The molecule has 1 aromatic rings. The average molecular weight is 260 g/mol. The third-order valence-electron chi connectivity index (χ3n) is 3.29. The Morgan fingerprint density at radius 2 is 2.16 bits per heavy atom. The van der Waals surface area contributed by atoms with Gasteiger partial charge in [-0.3, -0.25) is 4.90 Å². The lowest BCUT2D eigenvalue weighted by Crippen LogP contribution is -2.41. The molecule has 0 unspecified atom stereocenters. The number of nitriles is 1. The second-order valence-electron chi connectivity index (χ2n) is 4.57. The topological polar surface area (TPSA) is 73.6 Å². The normalized spacial score (nSPS) is 22.2. The number of carbonyl (C=O) groups is 1. The van der Waals surface area contributed by atoms with Gasteiger partial charge in [-0.15, -0.1) is 0 Å². The van der Waals surface area contributed by atoms with Crippen LogP contribution < -0.4 is 0 Å². The third-order valence-corrected chi connectivity index (χ3v) is 3.29. The van der Waals surface area contributed by atoms with Crippen molar-refractivity contribution in [2.24, 2.45) is 0 Å². The fourth-order valence-electron chi connectivity index (χ4n) is 2.35. The first-order valence-corrected chi connectivity index (χ1v) is 6.25. The van der Waals surface area contributed by atoms with Gasteiger partial charge in [-0.05, 0) is 18.4 Å². The molecule has 0 radical (unpaired) electrons. The fourth-order valence-corrected chi connectivity index (χ4v) is 2.35. The molecule has 2 rings (SSSR count). The maximum absolute atomic E-state index is 11.1. The van der Waals surface area contributed by atoms with Crippen molar-refractivity contribution in [3.63, 3.8) is 0 Å². The molecular weight excluding hydrogens is 244 g/mol. The second kappa shape index (κ2) is 6.21. The molecule has 0 aliphatic carbocycles. The summed E-state index contributed by atoms with van der Waals surface area (Å²) >= 11 is 0. The van der Waals surface area contributed by atoms with E-state index in [9.17, 15) is 4.79 Å². The molecule has 1 amide bonds. The maximum atomic E-state index is 11.1. The van der Waals surface area contributed by atoms with E-state index in [4.69, 9.17) is 15.1 Å². The molecule has 1 fully saturated rings. The molecule has 2 atom stereocenters. The molecule has 0 saturated carbocycles. The van der Waals surface area contributed by atoms with Gasteiger partial charge >= 0.3 is 6.09 Å². The van der Waals surface area contributed by atoms with Crippen LogP contribution in [-0.4, -0.2) is 34.8 Å². The van der Waals surface area contributed by atoms with Gasteiger partial charge in [0.05, 0.1) is 25.3 Å². The molecule has 5 nitrogen and oxygen atoms in total. The van der Waals surface area contributed by atoms with Gasteiger partial charge in [0.15, 0.2) is 0 Å². The van der Waals surface area contributed by atoms with Crippen molar-refractivity contribution in [1.82, 2.24) is 4.90 Å². The van der Waals surface area contributed by atoms with Crippen molar-refractivity contribution in [1.29, 1.82) is 5.26 Å². The largest absolute Gasteiger partial charge is 0.465 e. The van der Waals surface area contributed by atoms with Gasteiger partial charge in [0.25, 0.3) is 0 Å². The Bertz CT molecular complexity index is 469. The van der Waals surface area contributed by atoms with Crippen molar-refractivity contribution < 1.29 is 14.6 Å². The van der Waals surface area contributed by atoms with E-state index in [1.165, 1.54) is 4.90 Å². The quantitative estimate of drug-likeness (QED) is 0.901. The van der Waals surface area contributed by atoms with Crippen LogP contribution in [0.25, 0.3) is 0 Å². The van der Waals surface area contributed by atoms with Gasteiger partial charge in [0, 0.05) is 0 Å². The number of benzene rings is 1. The first-order valence-electron chi connectivity index (χ1n) is 6.25. The SMILES string of the molecule is N#C[C@H]1CC[C@@H](COCc2ccccc2)N1C(=O)O. The maximum Gasteiger partial charge on any atom is 0.408 e. The van der Waals surface area contributed by atoms with E-state index in [-0.39, 0.29) is 6.04 Å². The van der Waals surface area contributed by atoms with Crippen molar-refractivity contribution in [3.05, 3.63) is 35.9 Å². The summed E-state index contributed by atoms with van der Waals surface area (Å²) in [5.41, 5.74) is 1.05. The zero-order chi connectivity index (χ0) is 13.7. The number of nitrogens with zero attached hydrogens (tertiary/aromatic N) is 2. The van der Waals surface area contributed by atoms with Crippen LogP contribution in [0.1, 0.15) is 18.4 Å².